The van der Waals surface area contributed by atoms with Crippen molar-refractivity contribution in [1.82, 2.24) is 15.1 Å². The number of hydrogen-bond acceptors (Lipinski definition) is 9. The summed E-state index contributed by atoms with van der Waals surface area (Å²) in [6.07, 6.45) is 1.71. The van der Waals surface area contributed by atoms with Crippen LogP contribution in [-0.2, 0) is 20.7 Å². The molecule has 0 saturated heterocycles. The second kappa shape index (κ2) is 12.0. The Balaban J connectivity index is 1.69. The van der Waals surface area contributed by atoms with Crippen molar-refractivity contribution in [3.8, 4) is 33.0 Å². The molecule has 10 heteroatoms. The minimum Gasteiger partial charge on any atom is -0.490 e. The molecule has 0 aliphatic heterocycles. The maximum absolute atomic E-state index is 13.2. The second-order valence-corrected chi connectivity index (χ2v) is 11.8. The van der Waals surface area contributed by atoms with Crippen LogP contribution in [0.15, 0.2) is 36.4 Å². The maximum atomic E-state index is 13.2. The lowest BCUT2D eigenvalue weighted by Crippen LogP contribution is -2.43. The Bertz CT molecular complexity index is 1440. The maximum Gasteiger partial charge on any atom is 0.411 e. The number of hydrogen-bond donors (Lipinski definition) is 0. The number of nitrogens with zero attached hydrogens (tertiary/aromatic N) is 4. The topological polar surface area (TPSA) is 115 Å². The summed E-state index contributed by atoms with van der Waals surface area (Å²) in [6, 6.07) is 13.2. The lowest BCUT2D eigenvalue weighted by atomic mass is 9.84. The molecule has 0 saturated carbocycles. The number of amides is 1. The van der Waals surface area contributed by atoms with Crippen LogP contribution in [0.1, 0.15) is 70.2 Å². The minimum absolute atomic E-state index is 0.0435. The van der Waals surface area contributed by atoms with Crippen molar-refractivity contribution in [2.45, 2.75) is 71.6 Å². The summed E-state index contributed by atoms with van der Waals surface area (Å²) in [7, 11) is 1.31. The van der Waals surface area contributed by atoms with Crippen molar-refractivity contribution in [3.05, 3.63) is 53.1 Å². The van der Waals surface area contributed by atoms with Gasteiger partial charge in [0.25, 0.3) is 0 Å². The number of carbonyl (C=O) groups excluding carboxylic acids is 2. The van der Waals surface area contributed by atoms with E-state index >= 15 is 0 Å². The molecule has 1 heterocycles. The van der Waals surface area contributed by atoms with Crippen molar-refractivity contribution < 1.29 is 23.8 Å². The Hall–Kier alpha value is -3.97. The van der Waals surface area contributed by atoms with Gasteiger partial charge < -0.3 is 14.2 Å². The molecule has 0 bridgehead atoms. The van der Waals surface area contributed by atoms with E-state index in [1.807, 2.05) is 38.1 Å². The zero-order chi connectivity index (χ0) is 29.0. The second-order valence-electron chi connectivity index (χ2n) is 10.9. The zero-order valence-electron chi connectivity index (χ0n) is 23.7. The molecule has 1 amide bonds. The SMILES string of the molecule is COC(=O)CN(C(=O)OC(C)(C)C)[C@H]1CCCc2c(-c3nnc(-c4ccc(OC(C)C)c(C#N)c4)s3)cccc21. The number of fused-ring (bicyclic) bond motifs is 1. The Morgan fingerprint density at radius 2 is 1.93 bits per heavy atom. The van der Waals surface area contributed by atoms with Gasteiger partial charge in [-0.3, -0.25) is 9.69 Å². The van der Waals surface area contributed by atoms with E-state index in [0.29, 0.717) is 22.7 Å². The normalized spacial score (nSPS) is 14.7. The van der Waals surface area contributed by atoms with Gasteiger partial charge in [0.15, 0.2) is 0 Å². The number of ether oxygens (including phenoxy) is 3. The molecule has 4 rings (SSSR count). The molecule has 0 fully saturated rings. The van der Waals surface area contributed by atoms with E-state index in [1.165, 1.54) is 23.3 Å². The highest BCUT2D eigenvalue weighted by atomic mass is 32.1. The van der Waals surface area contributed by atoms with E-state index in [2.05, 4.69) is 16.3 Å². The molecule has 40 heavy (non-hydrogen) atoms. The highest BCUT2D eigenvalue weighted by molar-refractivity contribution is 7.17. The number of nitriles is 1. The molecule has 1 aromatic heterocycles. The van der Waals surface area contributed by atoms with Crippen LogP contribution in [0, 0.1) is 11.3 Å². The van der Waals surface area contributed by atoms with Crippen molar-refractivity contribution in [2.24, 2.45) is 0 Å². The van der Waals surface area contributed by atoms with Crippen molar-refractivity contribution in [1.29, 1.82) is 5.26 Å². The molecule has 9 nitrogen and oxygen atoms in total. The van der Waals surface area contributed by atoms with Gasteiger partial charge in [0.05, 0.1) is 24.8 Å². The molecule has 1 aliphatic rings. The largest absolute Gasteiger partial charge is 0.490 e. The third-order valence-corrected chi connectivity index (χ3v) is 7.38. The third kappa shape index (κ3) is 6.59. The van der Waals surface area contributed by atoms with Crippen molar-refractivity contribution >= 4 is 23.4 Å². The van der Waals surface area contributed by atoms with Gasteiger partial charge in [-0.1, -0.05) is 29.5 Å². The summed E-state index contributed by atoms with van der Waals surface area (Å²) in [5.74, 6) is 0.0279. The molecule has 210 valence electrons. The van der Waals surface area contributed by atoms with E-state index in [0.717, 1.165) is 40.1 Å². The van der Waals surface area contributed by atoms with Crippen LogP contribution in [0.25, 0.3) is 21.1 Å². The number of aromatic nitrogens is 2. The van der Waals surface area contributed by atoms with Crippen molar-refractivity contribution in [2.75, 3.05) is 13.7 Å². The highest BCUT2D eigenvalue weighted by Gasteiger charge is 2.35. The standard InChI is InChI=1S/C30H34N4O5S/c1-18(2)38-25-14-13-19(15-20(25)16-31)27-32-33-28(40-27)23-11-7-10-22-21(23)9-8-12-24(22)34(17-26(35)37-6)29(36)39-30(3,4)5/h7,10-11,13-15,18,24H,8-9,12,17H2,1-6H3/t24-/m0/s1. The molecule has 0 spiro atoms. The van der Waals surface area contributed by atoms with Gasteiger partial charge in [-0.15, -0.1) is 10.2 Å². The minimum atomic E-state index is -0.710. The molecule has 3 aromatic rings. The van der Waals surface area contributed by atoms with Gasteiger partial charge in [-0.05, 0) is 83.2 Å². The van der Waals surface area contributed by atoms with E-state index < -0.39 is 17.7 Å². The molecule has 1 aliphatic carbocycles. The van der Waals surface area contributed by atoms with E-state index in [1.54, 1.807) is 32.9 Å². The van der Waals surface area contributed by atoms with Crippen LogP contribution in [0.4, 0.5) is 4.79 Å². The Kier molecular flexibility index (Phi) is 8.74. The first kappa shape index (κ1) is 29.0. The number of methoxy groups -OCH3 is 1. The lowest BCUT2D eigenvalue weighted by molar-refractivity contribution is -0.142. The highest BCUT2D eigenvalue weighted by Crippen LogP contribution is 2.41. The Morgan fingerprint density at radius 1 is 1.18 bits per heavy atom. The smallest absolute Gasteiger partial charge is 0.411 e. The van der Waals surface area contributed by atoms with Gasteiger partial charge in [0.1, 0.15) is 34.0 Å². The summed E-state index contributed by atoms with van der Waals surface area (Å²) in [6.45, 7) is 9.02. The van der Waals surface area contributed by atoms with Gasteiger partial charge in [0, 0.05) is 11.1 Å². The summed E-state index contributed by atoms with van der Waals surface area (Å²) in [5.41, 5.74) is 3.48. The van der Waals surface area contributed by atoms with E-state index in [4.69, 9.17) is 14.2 Å². The van der Waals surface area contributed by atoms with Crippen LogP contribution in [-0.4, -0.2) is 52.5 Å². The quantitative estimate of drug-likeness (QED) is 0.307. The van der Waals surface area contributed by atoms with Crippen LogP contribution in [0.2, 0.25) is 0 Å². The monoisotopic (exact) mass is 562 g/mol. The number of carbonyl (C=O) groups is 2. The summed E-state index contributed by atoms with van der Waals surface area (Å²) in [4.78, 5) is 27.0. The molecule has 0 unspecified atom stereocenters. The van der Waals surface area contributed by atoms with Crippen molar-refractivity contribution in [3.63, 3.8) is 0 Å². The predicted molar refractivity (Wildman–Crippen MR) is 152 cm³/mol. The van der Waals surface area contributed by atoms with Gasteiger partial charge in [-0.25, -0.2) is 4.79 Å². The molecular formula is C30H34N4O5S. The molecule has 1 atom stereocenters. The van der Waals surface area contributed by atoms with Gasteiger partial charge in [0.2, 0.25) is 0 Å². The number of esters is 1. The average molecular weight is 563 g/mol. The number of benzene rings is 2. The fraction of sp³-hybridized carbons (Fsp3) is 0.433. The van der Waals surface area contributed by atoms with E-state index in [9.17, 15) is 14.9 Å². The van der Waals surface area contributed by atoms with Crippen LogP contribution < -0.4 is 4.74 Å². The predicted octanol–water partition coefficient (Wildman–Crippen LogP) is 6.32. The Morgan fingerprint density at radius 3 is 2.60 bits per heavy atom. The third-order valence-electron chi connectivity index (χ3n) is 6.37. The molecule has 0 N–H and O–H groups in total. The summed E-state index contributed by atoms with van der Waals surface area (Å²) < 4.78 is 16.3. The first-order valence-corrected chi connectivity index (χ1v) is 14.1. The first-order chi connectivity index (χ1) is 19.0. The van der Waals surface area contributed by atoms with Gasteiger partial charge in [-0.2, -0.15) is 5.26 Å². The van der Waals surface area contributed by atoms with Crippen LogP contribution in [0.3, 0.4) is 0 Å². The summed E-state index contributed by atoms with van der Waals surface area (Å²) >= 11 is 1.44. The van der Waals surface area contributed by atoms with Crippen LogP contribution in [0.5, 0.6) is 5.75 Å². The van der Waals surface area contributed by atoms with E-state index in [-0.39, 0.29) is 18.7 Å². The van der Waals surface area contributed by atoms with Crippen LogP contribution >= 0.6 is 11.3 Å². The average Bonchev–Trinajstić information content (AvgIpc) is 3.40. The first-order valence-electron chi connectivity index (χ1n) is 13.2. The summed E-state index contributed by atoms with van der Waals surface area (Å²) in [5, 5.41) is 20.0. The molecule has 0 radical (unpaired) electrons. The number of rotatable bonds is 7. The fourth-order valence-electron chi connectivity index (χ4n) is 4.73. The lowest BCUT2D eigenvalue weighted by Gasteiger charge is -2.36. The zero-order valence-corrected chi connectivity index (χ0v) is 24.5. The fourth-order valence-corrected chi connectivity index (χ4v) is 5.62. The molecular weight excluding hydrogens is 528 g/mol. The molecule has 2 aromatic carbocycles. The van der Waals surface area contributed by atoms with Gasteiger partial charge >= 0.3 is 12.1 Å². The Labute approximate surface area is 238 Å².